The van der Waals surface area contributed by atoms with Crippen LogP contribution in [0.3, 0.4) is 0 Å². The second-order valence-electron chi connectivity index (χ2n) is 6.08. The van der Waals surface area contributed by atoms with Crippen LogP contribution in [0.4, 0.5) is 5.69 Å². The van der Waals surface area contributed by atoms with E-state index in [4.69, 9.17) is 4.74 Å². The third kappa shape index (κ3) is 4.77. The van der Waals surface area contributed by atoms with E-state index in [9.17, 15) is 9.59 Å². The highest BCUT2D eigenvalue weighted by Gasteiger charge is 2.18. The maximum Gasteiger partial charge on any atom is 0.237 e. The number of carbonyl (C=O) groups is 2. The number of H-pyrrole nitrogens is 1. The number of Topliss-reactive ketones (excluding diaryl/α,β-unsaturated/α-hetero) is 1. The van der Waals surface area contributed by atoms with Gasteiger partial charge < -0.3 is 10.1 Å². The van der Waals surface area contributed by atoms with Gasteiger partial charge in [0.05, 0.1) is 12.4 Å². The van der Waals surface area contributed by atoms with Crippen molar-refractivity contribution in [2.45, 2.75) is 24.3 Å². The van der Waals surface area contributed by atoms with Crippen molar-refractivity contribution >= 4 is 29.1 Å². The maximum atomic E-state index is 12.4. The van der Waals surface area contributed by atoms with Crippen LogP contribution in [0.15, 0.2) is 53.7 Å². The van der Waals surface area contributed by atoms with E-state index in [1.165, 1.54) is 18.7 Å². The highest BCUT2D eigenvalue weighted by atomic mass is 32.2. The Balaban J connectivity index is 1.63. The number of benzene rings is 2. The predicted molar refractivity (Wildman–Crippen MR) is 109 cm³/mol. The molecule has 0 saturated carbocycles. The number of anilines is 1. The van der Waals surface area contributed by atoms with Crippen molar-refractivity contribution in [2.24, 2.45) is 0 Å². The molecule has 1 amide bonds. The largest absolute Gasteiger partial charge is 0.497 e. The predicted octanol–water partition coefficient (Wildman–Crippen LogP) is 3.80. The van der Waals surface area contributed by atoms with Gasteiger partial charge in [0.2, 0.25) is 11.1 Å². The zero-order valence-corrected chi connectivity index (χ0v) is 16.5. The number of hydrogen-bond acceptors (Lipinski definition) is 6. The lowest BCUT2D eigenvalue weighted by atomic mass is 10.1. The van der Waals surface area contributed by atoms with Gasteiger partial charge in [0.1, 0.15) is 5.75 Å². The minimum absolute atomic E-state index is 0.0506. The van der Waals surface area contributed by atoms with Crippen LogP contribution in [-0.2, 0) is 4.79 Å². The van der Waals surface area contributed by atoms with E-state index in [1.54, 1.807) is 38.3 Å². The van der Waals surface area contributed by atoms with Gasteiger partial charge in [-0.05, 0) is 50.2 Å². The van der Waals surface area contributed by atoms with Gasteiger partial charge in [-0.25, -0.2) is 4.98 Å². The highest BCUT2D eigenvalue weighted by molar-refractivity contribution is 8.00. The van der Waals surface area contributed by atoms with E-state index in [2.05, 4.69) is 20.5 Å². The van der Waals surface area contributed by atoms with Gasteiger partial charge in [0.25, 0.3) is 0 Å². The molecule has 0 radical (unpaired) electrons. The standard InChI is InChI=1S/C20H20N4O3S/c1-12(25)15-5-4-6-16(11-15)21-19(26)13(2)28-20-22-18(23-24-20)14-7-9-17(27-3)10-8-14/h4-11,13H,1-3H3,(H,21,26)(H,22,23,24). The molecule has 2 N–H and O–H groups in total. The lowest BCUT2D eigenvalue weighted by molar-refractivity contribution is -0.115. The molecule has 0 aliphatic heterocycles. The molecule has 3 rings (SSSR count). The van der Waals surface area contributed by atoms with Gasteiger partial charge in [-0.1, -0.05) is 23.9 Å². The zero-order chi connectivity index (χ0) is 20.1. The topological polar surface area (TPSA) is 97.0 Å². The maximum absolute atomic E-state index is 12.4. The summed E-state index contributed by atoms with van der Waals surface area (Å²) in [5.74, 6) is 1.13. The first-order chi connectivity index (χ1) is 13.5. The second kappa shape index (κ2) is 8.71. The van der Waals surface area contributed by atoms with Crippen molar-refractivity contribution in [3.8, 4) is 17.1 Å². The molecule has 1 heterocycles. The fourth-order valence-corrected chi connectivity index (χ4v) is 3.17. The number of ether oxygens (including phenoxy) is 1. The summed E-state index contributed by atoms with van der Waals surface area (Å²) >= 11 is 1.25. The number of nitrogens with one attached hydrogen (secondary N) is 2. The lowest BCUT2D eigenvalue weighted by Gasteiger charge is -2.10. The third-order valence-electron chi connectivity index (χ3n) is 4.02. The van der Waals surface area contributed by atoms with Crippen molar-refractivity contribution in [2.75, 3.05) is 12.4 Å². The van der Waals surface area contributed by atoms with E-state index in [0.29, 0.717) is 22.2 Å². The summed E-state index contributed by atoms with van der Waals surface area (Å²) in [6.45, 7) is 3.27. The molecular formula is C20H20N4O3S. The Labute approximate surface area is 166 Å². The number of aromatic amines is 1. The van der Waals surface area contributed by atoms with Crippen LogP contribution in [0.5, 0.6) is 5.75 Å². The number of nitrogens with zero attached hydrogens (tertiary/aromatic N) is 2. The highest BCUT2D eigenvalue weighted by Crippen LogP contribution is 2.25. The van der Waals surface area contributed by atoms with Crippen molar-refractivity contribution in [3.63, 3.8) is 0 Å². The molecule has 1 atom stereocenters. The summed E-state index contributed by atoms with van der Waals surface area (Å²) in [5.41, 5.74) is 2.01. The van der Waals surface area contributed by atoms with Crippen molar-refractivity contribution in [3.05, 3.63) is 54.1 Å². The molecule has 0 spiro atoms. The molecule has 0 fully saturated rings. The van der Waals surface area contributed by atoms with E-state index < -0.39 is 5.25 Å². The second-order valence-corrected chi connectivity index (χ2v) is 7.39. The Morgan fingerprint density at radius 3 is 2.61 bits per heavy atom. The minimum atomic E-state index is -0.416. The average Bonchev–Trinajstić information content (AvgIpc) is 3.16. The monoisotopic (exact) mass is 396 g/mol. The van der Waals surface area contributed by atoms with Crippen LogP contribution in [0, 0.1) is 0 Å². The molecule has 1 unspecified atom stereocenters. The fraction of sp³-hybridized carbons (Fsp3) is 0.200. The Kier molecular flexibility index (Phi) is 6.10. The van der Waals surface area contributed by atoms with Crippen LogP contribution in [0.2, 0.25) is 0 Å². The molecule has 0 bridgehead atoms. The number of ketones is 1. The average molecular weight is 396 g/mol. The number of thioether (sulfide) groups is 1. The molecule has 0 saturated heterocycles. The van der Waals surface area contributed by atoms with Crippen LogP contribution in [-0.4, -0.2) is 39.2 Å². The first-order valence-corrected chi connectivity index (χ1v) is 9.49. The Bertz CT molecular complexity index is 985. The summed E-state index contributed by atoms with van der Waals surface area (Å²) in [6.07, 6.45) is 0. The number of aromatic nitrogens is 3. The van der Waals surface area contributed by atoms with E-state index in [-0.39, 0.29) is 11.7 Å². The van der Waals surface area contributed by atoms with Gasteiger partial charge in [-0.3, -0.25) is 14.7 Å². The molecule has 0 aliphatic carbocycles. The minimum Gasteiger partial charge on any atom is -0.497 e. The van der Waals surface area contributed by atoms with Gasteiger partial charge >= 0.3 is 0 Å². The van der Waals surface area contributed by atoms with Gasteiger partial charge in [0.15, 0.2) is 11.6 Å². The van der Waals surface area contributed by atoms with Crippen LogP contribution < -0.4 is 10.1 Å². The van der Waals surface area contributed by atoms with Crippen LogP contribution in [0.1, 0.15) is 24.2 Å². The summed E-state index contributed by atoms with van der Waals surface area (Å²) in [6, 6.07) is 14.3. The number of methoxy groups -OCH3 is 1. The summed E-state index contributed by atoms with van der Waals surface area (Å²) < 4.78 is 5.14. The smallest absolute Gasteiger partial charge is 0.237 e. The fourth-order valence-electron chi connectivity index (χ4n) is 2.45. The normalized spacial score (nSPS) is 11.7. The summed E-state index contributed by atoms with van der Waals surface area (Å²) in [5, 5.41) is 9.93. The van der Waals surface area contributed by atoms with Crippen LogP contribution in [0.25, 0.3) is 11.4 Å². The first kappa shape index (κ1) is 19.6. The lowest BCUT2D eigenvalue weighted by Crippen LogP contribution is -2.22. The van der Waals surface area contributed by atoms with Crippen LogP contribution >= 0.6 is 11.8 Å². The molecule has 2 aromatic carbocycles. The summed E-state index contributed by atoms with van der Waals surface area (Å²) in [4.78, 5) is 28.4. The van der Waals surface area contributed by atoms with Gasteiger partial charge in [-0.2, -0.15) is 0 Å². The van der Waals surface area contributed by atoms with Crippen molar-refractivity contribution in [1.82, 2.24) is 15.2 Å². The molecular weight excluding hydrogens is 376 g/mol. The van der Waals surface area contributed by atoms with Crippen molar-refractivity contribution < 1.29 is 14.3 Å². The molecule has 0 aliphatic rings. The molecule has 3 aromatic rings. The Hall–Kier alpha value is -3.13. The van der Waals surface area contributed by atoms with Gasteiger partial charge in [-0.15, -0.1) is 5.10 Å². The quantitative estimate of drug-likeness (QED) is 0.466. The molecule has 8 heteroatoms. The van der Waals surface area contributed by atoms with Crippen molar-refractivity contribution in [1.29, 1.82) is 0 Å². The Morgan fingerprint density at radius 2 is 1.93 bits per heavy atom. The number of rotatable bonds is 7. The molecule has 7 nitrogen and oxygen atoms in total. The number of hydrogen-bond donors (Lipinski definition) is 2. The zero-order valence-electron chi connectivity index (χ0n) is 15.7. The van der Waals surface area contributed by atoms with E-state index >= 15 is 0 Å². The molecule has 1 aromatic heterocycles. The first-order valence-electron chi connectivity index (χ1n) is 8.61. The number of amides is 1. The molecule has 144 valence electrons. The van der Waals surface area contributed by atoms with E-state index in [1.807, 2.05) is 24.3 Å². The molecule has 28 heavy (non-hydrogen) atoms. The Morgan fingerprint density at radius 1 is 1.18 bits per heavy atom. The SMILES string of the molecule is COc1ccc(-c2nc(SC(C)C(=O)Nc3cccc(C(C)=O)c3)n[nH]2)cc1. The van der Waals surface area contributed by atoms with E-state index in [0.717, 1.165) is 11.3 Å². The third-order valence-corrected chi connectivity index (χ3v) is 4.98. The number of carbonyl (C=O) groups excluding carboxylic acids is 2. The summed E-state index contributed by atoms with van der Waals surface area (Å²) in [7, 11) is 1.61. The van der Waals surface area contributed by atoms with Gasteiger partial charge in [0, 0.05) is 16.8 Å².